The van der Waals surface area contributed by atoms with Crippen LogP contribution in [0.4, 0.5) is 0 Å². The van der Waals surface area contributed by atoms with E-state index in [1.807, 2.05) is 0 Å². The van der Waals surface area contributed by atoms with E-state index in [4.69, 9.17) is 0 Å². The first-order valence-electron chi connectivity index (χ1n) is 10.9. The maximum atomic E-state index is 2.50. The Morgan fingerprint density at radius 2 is 0.783 bits per heavy atom. The van der Waals surface area contributed by atoms with E-state index in [1.165, 1.54) is 116 Å². The van der Waals surface area contributed by atoms with Gasteiger partial charge in [0, 0.05) is 0 Å². The highest BCUT2D eigenvalue weighted by molar-refractivity contribution is 4.81. The van der Waals surface area contributed by atoms with Gasteiger partial charge in [-0.3, -0.25) is 0 Å². The first kappa shape index (κ1) is 22.7. The molecule has 0 aliphatic heterocycles. The predicted octanol–water partition coefficient (Wildman–Crippen LogP) is 8.81. The van der Waals surface area contributed by atoms with Crippen LogP contribution in [0.1, 0.15) is 129 Å². The fraction of sp³-hybridized carbons (Fsp3) is 0.870. The van der Waals surface area contributed by atoms with E-state index in [0.717, 1.165) is 0 Å². The molecule has 0 saturated carbocycles. The number of allylic oxidation sites excluding steroid dienone is 2. The minimum Gasteiger partial charge on any atom is -0.0885 e. The SMILES string of the molecule is CCCC[CH]CCCCCCCC/C=C\CCCCCCCC. The van der Waals surface area contributed by atoms with Gasteiger partial charge in [0.1, 0.15) is 0 Å². The molecule has 0 bridgehead atoms. The van der Waals surface area contributed by atoms with Crippen molar-refractivity contribution in [3.05, 3.63) is 18.6 Å². The van der Waals surface area contributed by atoms with Crippen LogP contribution < -0.4 is 0 Å². The lowest BCUT2D eigenvalue weighted by Crippen LogP contribution is -1.82. The van der Waals surface area contributed by atoms with Crippen molar-refractivity contribution in [3.63, 3.8) is 0 Å². The molecule has 0 heterocycles. The van der Waals surface area contributed by atoms with E-state index in [0.29, 0.717) is 0 Å². The summed E-state index contributed by atoms with van der Waals surface area (Å²) < 4.78 is 0. The van der Waals surface area contributed by atoms with Crippen LogP contribution in [0.25, 0.3) is 0 Å². The minimum atomic E-state index is 1.31. The number of hydrogen-bond acceptors (Lipinski definition) is 0. The van der Waals surface area contributed by atoms with Gasteiger partial charge in [-0.2, -0.15) is 0 Å². The van der Waals surface area contributed by atoms with Gasteiger partial charge in [0.05, 0.1) is 0 Å². The zero-order valence-electron chi connectivity index (χ0n) is 16.5. The number of hydrogen-bond donors (Lipinski definition) is 0. The average Bonchev–Trinajstić information content (AvgIpc) is 2.57. The third-order valence-corrected chi connectivity index (χ3v) is 4.68. The van der Waals surface area contributed by atoms with Crippen molar-refractivity contribution in [2.45, 2.75) is 129 Å². The second-order valence-electron chi connectivity index (χ2n) is 7.16. The molecule has 0 aliphatic rings. The van der Waals surface area contributed by atoms with Crippen LogP contribution in [-0.2, 0) is 0 Å². The molecular weight excluding hydrogens is 276 g/mol. The summed E-state index contributed by atoms with van der Waals surface area (Å²) in [6.45, 7) is 4.56. The first-order valence-corrected chi connectivity index (χ1v) is 10.9. The molecule has 0 N–H and O–H groups in total. The van der Waals surface area contributed by atoms with Crippen molar-refractivity contribution in [3.8, 4) is 0 Å². The Hall–Kier alpha value is -0.260. The van der Waals surface area contributed by atoms with Crippen molar-refractivity contribution in [1.82, 2.24) is 0 Å². The van der Waals surface area contributed by atoms with Gasteiger partial charge in [0.2, 0.25) is 0 Å². The smallest absolute Gasteiger partial charge is 0.0351 e. The van der Waals surface area contributed by atoms with E-state index < -0.39 is 0 Å². The van der Waals surface area contributed by atoms with Crippen LogP contribution in [0.3, 0.4) is 0 Å². The molecule has 0 saturated heterocycles. The molecule has 0 aliphatic carbocycles. The van der Waals surface area contributed by atoms with Crippen LogP contribution in [0.2, 0.25) is 0 Å². The van der Waals surface area contributed by atoms with Gasteiger partial charge in [-0.15, -0.1) is 0 Å². The summed E-state index contributed by atoms with van der Waals surface area (Å²) >= 11 is 0. The standard InChI is InChI=1S/C23H45/c1-3-5-7-9-11-13-15-17-19-21-23-22-20-18-16-14-12-10-8-6-4-2/h9,18,20H,3-8,10-17,19,21-23H2,1-2H3/b20-18-. The quantitative estimate of drug-likeness (QED) is 0.165. The van der Waals surface area contributed by atoms with Crippen molar-refractivity contribution >= 4 is 0 Å². The summed E-state index contributed by atoms with van der Waals surface area (Å²) in [6.07, 6.45) is 32.4. The van der Waals surface area contributed by atoms with Gasteiger partial charge in [-0.1, -0.05) is 116 Å². The largest absolute Gasteiger partial charge is 0.0885 e. The normalized spacial score (nSPS) is 11.6. The highest BCUT2D eigenvalue weighted by Gasteiger charge is 1.93. The minimum absolute atomic E-state index is 1.31. The summed E-state index contributed by atoms with van der Waals surface area (Å²) in [5, 5.41) is 0. The van der Waals surface area contributed by atoms with E-state index in [9.17, 15) is 0 Å². The van der Waals surface area contributed by atoms with Crippen molar-refractivity contribution in [2.24, 2.45) is 0 Å². The first-order chi connectivity index (χ1) is 11.4. The molecule has 23 heavy (non-hydrogen) atoms. The van der Waals surface area contributed by atoms with Crippen molar-refractivity contribution < 1.29 is 0 Å². The average molecular weight is 322 g/mol. The summed E-state index contributed by atoms with van der Waals surface area (Å²) in [5.41, 5.74) is 0. The molecule has 0 rings (SSSR count). The lowest BCUT2D eigenvalue weighted by atomic mass is 10.1. The molecule has 1 radical (unpaired) electrons. The van der Waals surface area contributed by atoms with Crippen LogP contribution in [0.15, 0.2) is 12.2 Å². The topological polar surface area (TPSA) is 0 Å². The predicted molar refractivity (Wildman–Crippen MR) is 108 cm³/mol. The molecule has 0 amide bonds. The summed E-state index contributed by atoms with van der Waals surface area (Å²) in [4.78, 5) is 0. The maximum Gasteiger partial charge on any atom is -0.0351 e. The molecule has 0 fully saturated rings. The maximum absolute atomic E-state index is 2.50. The third kappa shape index (κ3) is 21.7. The fourth-order valence-corrected chi connectivity index (χ4v) is 3.03. The zero-order chi connectivity index (χ0) is 16.8. The third-order valence-electron chi connectivity index (χ3n) is 4.68. The lowest BCUT2D eigenvalue weighted by molar-refractivity contribution is 0.588. The Kier molecular flexibility index (Phi) is 21.5. The van der Waals surface area contributed by atoms with E-state index in [1.54, 1.807) is 0 Å². The summed E-state index contributed by atoms with van der Waals surface area (Å²) in [5.74, 6) is 0. The molecule has 0 spiro atoms. The molecule has 0 unspecified atom stereocenters. The Morgan fingerprint density at radius 1 is 0.391 bits per heavy atom. The lowest BCUT2D eigenvalue weighted by Gasteiger charge is -2.01. The second-order valence-corrected chi connectivity index (χ2v) is 7.16. The molecule has 0 nitrogen and oxygen atoms in total. The van der Waals surface area contributed by atoms with Gasteiger partial charge in [0.25, 0.3) is 0 Å². The monoisotopic (exact) mass is 321 g/mol. The van der Waals surface area contributed by atoms with Gasteiger partial charge < -0.3 is 0 Å². The molecule has 0 aromatic heterocycles. The second kappa shape index (κ2) is 21.7. The zero-order valence-corrected chi connectivity index (χ0v) is 16.5. The Labute approximate surface area is 148 Å². The fourth-order valence-electron chi connectivity index (χ4n) is 3.03. The molecular formula is C23H45. The van der Waals surface area contributed by atoms with Crippen LogP contribution >= 0.6 is 0 Å². The van der Waals surface area contributed by atoms with E-state index >= 15 is 0 Å². The van der Waals surface area contributed by atoms with Crippen LogP contribution in [-0.4, -0.2) is 0 Å². The van der Waals surface area contributed by atoms with E-state index in [2.05, 4.69) is 32.4 Å². The summed E-state index contributed by atoms with van der Waals surface area (Å²) in [6, 6.07) is 0. The van der Waals surface area contributed by atoms with Crippen LogP contribution in [0, 0.1) is 6.42 Å². The van der Waals surface area contributed by atoms with Crippen molar-refractivity contribution in [2.75, 3.05) is 0 Å². The van der Waals surface area contributed by atoms with E-state index in [-0.39, 0.29) is 0 Å². The highest BCUT2D eigenvalue weighted by Crippen LogP contribution is 2.12. The molecule has 0 heteroatoms. The molecule has 137 valence electrons. The molecule has 0 aromatic carbocycles. The summed E-state index contributed by atoms with van der Waals surface area (Å²) in [7, 11) is 0. The number of rotatable bonds is 19. The van der Waals surface area contributed by atoms with Gasteiger partial charge in [0.15, 0.2) is 0 Å². The van der Waals surface area contributed by atoms with Gasteiger partial charge >= 0.3 is 0 Å². The van der Waals surface area contributed by atoms with Crippen molar-refractivity contribution in [1.29, 1.82) is 0 Å². The number of unbranched alkanes of at least 4 members (excludes halogenated alkanes) is 17. The van der Waals surface area contributed by atoms with Gasteiger partial charge in [-0.25, -0.2) is 0 Å². The van der Waals surface area contributed by atoms with Gasteiger partial charge in [-0.05, 0) is 32.1 Å². The Morgan fingerprint density at radius 3 is 1.30 bits per heavy atom. The highest BCUT2D eigenvalue weighted by atomic mass is 14.0. The Balaban J connectivity index is 3.02. The molecule has 0 aromatic rings. The van der Waals surface area contributed by atoms with Crippen LogP contribution in [0.5, 0.6) is 0 Å². The Bertz CT molecular complexity index is 216. The molecule has 0 atom stereocenters.